The average Bonchev–Trinajstić information content (AvgIpc) is 2.93. The van der Waals surface area contributed by atoms with Crippen LogP contribution in [0.15, 0.2) is 108 Å². The standard InChI is InChI=1S/C30H29ClN2O3S/c1-22-13-18-27(31)19-29(22)33(37(35,36)28-11-7-4-8-12-28)21-24-14-16-26(17-15-24)30(34)32-20-23(2)25-9-5-3-6-10-25/h3-19,23H,20-21H2,1-2H3,(H,32,34)/t23-/m1/s1. The molecule has 0 saturated heterocycles. The van der Waals surface area contributed by atoms with Gasteiger partial charge in [0.25, 0.3) is 15.9 Å². The van der Waals surface area contributed by atoms with Crippen molar-refractivity contribution in [2.24, 2.45) is 0 Å². The van der Waals surface area contributed by atoms with Gasteiger partial charge in [-0.15, -0.1) is 0 Å². The Kier molecular flexibility index (Phi) is 8.31. The van der Waals surface area contributed by atoms with Gasteiger partial charge in [0, 0.05) is 17.1 Å². The fourth-order valence-corrected chi connectivity index (χ4v) is 5.74. The molecule has 0 aromatic heterocycles. The molecular weight excluding hydrogens is 504 g/mol. The van der Waals surface area contributed by atoms with Crippen molar-refractivity contribution in [2.45, 2.75) is 31.2 Å². The normalized spacial score (nSPS) is 12.1. The summed E-state index contributed by atoms with van der Waals surface area (Å²) in [6.45, 7) is 4.52. The highest BCUT2D eigenvalue weighted by Gasteiger charge is 2.26. The van der Waals surface area contributed by atoms with Crippen molar-refractivity contribution < 1.29 is 13.2 Å². The summed E-state index contributed by atoms with van der Waals surface area (Å²) >= 11 is 6.24. The van der Waals surface area contributed by atoms with E-state index in [0.29, 0.717) is 22.8 Å². The molecule has 1 N–H and O–H groups in total. The Bertz CT molecular complexity index is 1460. The molecule has 1 atom stereocenters. The molecule has 190 valence electrons. The van der Waals surface area contributed by atoms with E-state index < -0.39 is 10.0 Å². The van der Waals surface area contributed by atoms with Gasteiger partial charge in [-0.3, -0.25) is 9.10 Å². The van der Waals surface area contributed by atoms with Gasteiger partial charge in [0.1, 0.15) is 0 Å². The molecule has 0 saturated carbocycles. The number of amides is 1. The Balaban J connectivity index is 1.54. The first-order valence-electron chi connectivity index (χ1n) is 12.0. The smallest absolute Gasteiger partial charge is 0.264 e. The molecule has 7 heteroatoms. The first-order valence-corrected chi connectivity index (χ1v) is 13.8. The highest BCUT2D eigenvalue weighted by molar-refractivity contribution is 7.92. The van der Waals surface area contributed by atoms with Crippen LogP contribution in [0.5, 0.6) is 0 Å². The maximum Gasteiger partial charge on any atom is 0.264 e. The SMILES string of the molecule is Cc1ccc(Cl)cc1N(Cc1ccc(C(=O)NC[C@@H](C)c2ccccc2)cc1)S(=O)(=O)c1ccccc1. The Morgan fingerprint density at radius 2 is 1.51 bits per heavy atom. The van der Waals surface area contributed by atoms with Crippen molar-refractivity contribution in [1.29, 1.82) is 0 Å². The largest absolute Gasteiger partial charge is 0.351 e. The minimum Gasteiger partial charge on any atom is -0.351 e. The summed E-state index contributed by atoms with van der Waals surface area (Å²) in [5.41, 5.74) is 3.71. The summed E-state index contributed by atoms with van der Waals surface area (Å²) in [5, 5.41) is 3.43. The predicted octanol–water partition coefficient (Wildman–Crippen LogP) is 6.58. The number of halogens is 1. The fourth-order valence-electron chi connectivity index (χ4n) is 4.05. The van der Waals surface area contributed by atoms with Gasteiger partial charge in [-0.05, 0) is 65.9 Å². The zero-order chi connectivity index (χ0) is 26.4. The molecular formula is C30H29ClN2O3S. The molecule has 4 aromatic carbocycles. The van der Waals surface area contributed by atoms with Crippen LogP contribution in [0, 0.1) is 6.92 Å². The molecule has 0 aliphatic carbocycles. The van der Waals surface area contributed by atoms with E-state index in [-0.39, 0.29) is 23.3 Å². The summed E-state index contributed by atoms with van der Waals surface area (Å²) < 4.78 is 28.7. The quantitative estimate of drug-likeness (QED) is 0.265. The van der Waals surface area contributed by atoms with Gasteiger partial charge in [-0.2, -0.15) is 0 Å². The number of nitrogens with zero attached hydrogens (tertiary/aromatic N) is 1. The Morgan fingerprint density at radius 1 is 0.892 bits per heavy atom. The lowest BCUT2D eigenvalue weighted by Crippen LogP contribution is -2.31. The summed E-state index contributed by atoms with van der Waals surface area (Å²) in [6, 6.07) is 30.5. The summed E-state index contributed by atoms with van der Waals surface area (Å²) in [4.78, 5) is 12.9. The highest BCUT2D eigenvalue weighted by Crippen LogP contribution is 2.31. The number of nitrogens with one attached hydrogen (secondary N) is 1. The van der Waals surface area contributed by atoms with Gasteiger partial charge in [-0.25, -0.2) is 8.42 Å². The van der Waals surface area contributed by atoms with E-state index in [1.54, 1.807) is 72.8 Å². The van der Waals surface area contributed by atoms with E-state index in [0.717, 1.165) is 16.7 Å². The molecule has 0 spiro atoms. The molecule has 0 fully saturated rings. The molecule has 0 aliphatic heterocycles. The monoisotopic (exact) mass is 532 g/mol. The van der Waals surface area contributed by atoms with Crippen LogP contribution in [0.1, 0.15) is 39.9 Å². The van der Waals surface area contributed by atoms with Crippen LogP contribution in [0.4, 0.5) is 5.69 Å². The number of hydrogen-bond donors (Lipinski definition) is 1. The van der Waals surface area contributed by atoms with Gasteiger partial charge in [0.05, 0.1) is 17.1 Å². The van der Waals surface area contributed by atoms with E-state index in [1.807, 2.05) is 37.3 Å². The zero-order valence-corrected chi connectivity index (χ0v) is 22.3. The third kappa shape index (κ3) is 6.40. The predicted molar refractivity (Wildman–Crippen MR) is 150 cm³/mol. The van der Waals surface area contributed by atoms with Crippen molar-refractivity contribution in [1.82, 2.24) is 5.32 Å². The second-order valence-electron chi connectivity index (χ2n) is 8.97. The van der Waals surface area contributed by atoms with Crippen molar-refractivity contribution in [3.8, 4) is 0 Å². The maximum atomic E-state index is 13.7. The van der Waals surface area contributed by atoms with Crippen LogP contribution in [-0.2, 0) is 16.6 Å². The van der Waals surface area contributed by atoms with Crippen LogP contribution >= 0.6 is 11.6 Å². The van der Waals surface area contributed by atoms with Crippen LogP contribution in [0.3, 0.4) is 0 Å². The van der Waals surface area contributed by atoms with E-state index in [4.69, 9.17) is 11.6 Å². The first kappa shape index (κ1) is 26.5. The molecule has 4 rings (SSSR count). The zero-order valence-electron chi connectivity index (χ0n) is 20.8. The minimum atomic E-state index is -3.87. The second-order valence-corrected chi connectivity index (χ2v) is 11.3. The van der Waals surface area contributed by atoms with Crippen LogP contribution in [0.2, 0.25) is 5.02 Å². The molecule has 1 amide bonds. The minimum absolute atomic E-state index is 0.0886. The van der Waals surface area contributed by atoms with Crippen molar-refractivity contribution in [3.05, 3.63) is 130 Å². The fraction of sp³-hybridized carbons (Fsp3) is 0.167. The number of hydrogen-bond acceptors (Lipinski definition) is 3. The highest BCUT2D eigenvalue weighted by atomic mass is 35.5. The third-order valence-electron chi connectivity index (χ3n) is 6.25. The Labute approximate surface area is 223 Å². The van der Waals surface area contributed by atoms with Gasteiger partial charge < -0.3 is 5.32 Å². The Hall–Kier alpha value is -3.61. The molecule has 5 nitrogen and oxygen atoms in total. The van der Waals surface area contributed by atoms with Gasteiger partial charge in [-0.1, -0.05) is 85.3 Å². The lowest BCUT2D eigenvalue weighted by atomic mass is 10.0. The number of anilines is 1. The summed E-state index contributed by atoms with van der Waals surface area (Å²) in [6.07, 6.45) is 0. The first-order chi connectivity index (χ1) is 17.8. The average molecular weight is 533 g/mol. The molecule has 37 heavy (non-hydrogen) atoms. The lowest BCUT2D eigenvalue weighted by Gasteiger charge is -2.26. The summed E-state index contributed by atoms with van der Waals surface area (Å²) in [5.74, 6) is 0.0101. The molecule has 4 aromatic rings. The number of aryl methyl sites for hydroxylation is 1. The Morgan fingerprint density at radius 3 is 2.16 bits per heavy atom. The lowest BCUT2D eigenvalue weighted by molar-refractivity contribution is 0.0951. The van der Waals surface area contributed by atoms with Gasteiger partial charge >= 0.3 is 0 Å². The number of rotatable bonds is 9. The number of carbonyl (C=O) groups excluding carboxylic acids is 1. The molecule has 0 radical (unpaired) electrons. The van der Waals surface area contributed by atoms with E-state index >= 15 is 0 Å². The molecule has 0 heterocycles. The topological polar surface area (TPSA) is 66.5 Å². The van der Waals surface area contributed by atoms with Crippen molar-refractivity contribution in [2.75, 3.05) is 10.8 Å². The van der Waals surface area contributed by atoms with Crippen molar-refractivity contribution in [3.63, 3.8) is 0 Å². The second kappa shape index (κ2) is 11.6. The van der Waals surface area contributed by atoms with Gasteiger partial charge in [0.15, 0.2) is 0 Å². The van der Waals surface area contributed by atoms with E-state index in [9.17, 15) is 13.2 Å². The third-order valence-corrected chi connectivity index (χ3v) is 8.26. The molecule has 0 unspecified atom stereocenters. The molecule has 0 aliphatic rings. The summed E-state index contributed by atoms with van der Waals surface area (Å²) in [7, 11) is -3.87. The van der Waals surface area contributed by atoms with Crippen LogP contribution < -0.4 is 9.62 Å². The van der Waals surface area contributed by atoms with Crippen LogP contribution in [-0.4, -0.2) is 20.9 Å². The number of sulfonamides is 1. The molecule has 0 bridgehead atoms. The number of benzene rings is 4. The van der Waals surface area contributed by atoms with E-state index in [2.05, 4.69) is 12.2 Å². The van der Waals surface area contributed by atoms with Crippen LogP contribution in [0.25, 0.3) is 0 Å². The number of carbonyl (C=O) groups is 1. The maximum absolute atomic E-state index is 13.7. The van der Waals surface area contributed by atoms with E-state index in [1.165, 1.54) is 4.31 Å². The van der Waals surface area contributed by atoms with Gasteiger partial charge in [0.2, 0.25) is 0 Å². The van der Waals surface area contributed by atoms with Crippen molar-refractivity contribution >= 4 is 33.2 Å².